The zero-order chi connectivity index (χ0) is 25.7. The van der Waals surface area contributed by atoms with Crippen molar-refractivity contribution in [2.45, 2.75) is 32.9 Å². The van der Waals surface area contributed by atoms with E-state index in [1.165, 1.54) is 7.11 Å². The van der Waals surface area contributed by atoms with E-state index in [2.05, 4.69) is 28.4 Å². The third kappa shape index (κ3) is 3.88. The van der Waals surface area contributed by atoms with Gasteiger partial charge in [-0.2, -0.15) is 4.98 Å². The fourth-order valence-corrected chi connectivity index (χ4v) is 5.17. The normalized spacial score (nSPS) is 15.0. The van der Waals surface area contributed by atoms with Gasteiger partial charge in [0.25, 0.3) is 5.91 Å². The van der Waals surface area contributed by atoms with Crippen LogP contribution in [0.4, 0.5) is 11.6 Å². The molecule has 1 atom stereocenters. The van der Waals surface area contributed by atoms with E-state index in [0.29, 0.717) is 27.1 Å². The highest BCUT2D eigenvalue weighted by molar-refractivity contribution is 6.31. The van der Waals surface area contributed by atoms with Gasteiger partial charge in [0.1, 0.15) is 6.04 Å². The molecule has 1 unspecified atom stereocenters. The maximum absolute atomic E-state index is 14.1. The number of rotatable bonds is 5. The van der Waals surface area contributed by atoms with Crippen LogP contribution < -0.4 is 15.4 Å². The van der Waals surface area contributed by atoms with Gasteiger partial charge in [-0.15, -0.1) is 0 Å². The molecule has 2 aromatic carbocycles. The highest BCUT2D eigenvalue weighted by atomic mass is 35.5. The van der Waals surface area contributed by atoms with Gasteiger partial charge in [-0.3, -0.25) is 9.69 Å². The molecular weight excluding hydrogens is 497 g/mol. The Balaban J connectivity index is 1.80. The van der Waals surface area contributed by atoms with E-state index in [-0.39, 0.29) is 17.9 Å². The number of aromatic nitrogens is 3. The number of methoxy groups -OCH3 is 1. The summed E-state index contributed by atoms with van der Waals surface area (Å²) >= 11 is 12.6. The van der Waals surface area contributed by atoms with Crippen molar-refractivity contribution in [1.29, 1.82) is 0 Å². The Morgan fingerprint density at radius 1 is 1.03 bits per heavy atom. The molecule has 1 aliphatic heterocycles. The molecule has 5 rings (SSSR count). The highest BCUT2D eigenvalue weighted by Crippen LogP contribution is 2.47. The molecule has 7 nitrogen and oxygen atoms in total. The number of nitrogen functional groups attached to an aromatic ring is 1. The first kappa shape index (κ1) is 24.2. The standard InChI is InChI=1S/C27H25Cl2N5O2/c1-14(2)33-22(20-13-31-27(30)32-25(20)36-4)12-19-24(33)23(16-6-9-17(28)10-7-16)34(26(19)35)21-11-18(29)8-5-15(21)3/h5-14,23H,1-4H3,(H2,30,31,32). The molecule has 0 fully saturated rings. The van der Waals surface area contributed by atoms with Crippen molar-refractivity contribution < 1.29 is 9.53 Å². The van der Waals surface area contributed by atoms with Crippen LogP contribution in [-0.4, -0.2) is 27.6 Å². The van der Waals surface area contributed by atoms with E-state index < -0.39 is 6.04 Å². The third-order valence-corrected chi connectivity index (χ3v) is 6.90. The smallest absolute Gasteiger partial charge is 0.261 e. The molecule has 0 saturated carbocycles. The second-order valence-corrected chi connectivity index (χ2v) is 9.88. The zero-order valence-electron chi connectivity index (χ0n) is 20.3. The van der Waals surface area contributed by atoms with Gasteiger partial charge in [-0.25, -0.2) is 4.98 Å². The first-order valence-corrected chi connectivity index (χ1v) is 12.2. The van der Waals surface area contributed by atoms with Crippen molar-refractivity contribution in [2.24, 2.45) is 0 Å². The number of nitrogens with zero attached hydrogens (tertiary/aromatic N) is 4. The van der Waals surface area contributed by atoms with Crippen LogP contribution in [0, 0.1) is 6.92 Å². The second-order valence-electron chi connectivity index (χ2n) is 9.00. The summed E-state index contributed by atoms with van der Waals surface area (Å²) in [5, 5.41) is 1.18. The van der Waals surface area contributed by atoms with E-state index in [4.69, 9.17) is 33.7 Å². The van der Waals surface area contributed by atoms with E-state index >= 15 is 0 Å². The van der Waals surface area contributed by atoms with Crippen LogP contribution in [0.2, 0.25) is 10.0 Å². The van der Waals surface area contributed by atoms with Crippen molar-refractivity contribution in [3.05, 3.63) is 87.2 Å². The molecule has 9 heteroatoms. The molecule has 0 aliphatic carbocycles. The Labute approximate surface area is 219 Å². The molecule has 0 saturated heterocycles. The number of anilines is 2. The minimum Gasteiger partial charge on any atom is -0.480 e. The van der Waals surface area contributed by atoms with Gasteiger partial charge >= 0.3 is 0 Å². The lowest BCUT2D eigenvalue weighted by Crippen LogP contribution is -2.30. The summed E-state index contributed by atoms with van der Waals surface area (Å²) in [5.41, 5.74) is 11.3. The number of ether oxygens (including phenoxy) is 1. The predicted octanol–water partition coefficient (Wildman–Crippen LogP) is 6.48. The molecule has 0 bridgehead atoms. The van der Waals surface area contributed by atoms with Crippen molar-refractivity contribution in [3.63, 3.8) is 0 Å². The fourth-order valence-electron chi connectivity index (χ4n) is 4.88. The number of amides is 1. The molecule has 2 N–H and O–H groups in total. The van der Waals surface area contributed by atoms with Crippen LogP contribution in [0.3, 0.4) is 0 Å². The summed E-state index contributed by atoms with van der Waals surface area (Å²) in [6, 6.07) is 14.6. The Hall–Kier alpha value is -3.55. The lowest BCUT2D eigenvalue weighted by molar-refractivity contribution is 0.0993. The number of carbonyl (C=O) groups excluding carboxylic acids is 1. The van der Waals surface area contributed by atoms with Gasteiger partial charge in [0, 0.05) is 28.0 Å². The topological polar surface area (TPSA) is 86.3 Å². The molecule has 0 spiro atoms. The maximum atomic E-state index is 14.1. The van der Waals surface area contributed by atoms with E-state index in [0.717, 1.165) is 28.2 Å². The number of nitrogens with two attached hydrogens (primary N) is 1. The largest absolute Gasteiger partial charge is 0.480 e. The number of carbonyl (C=O) groups is 1. The lowest BCUT2D eigenvalue weighted by atomic mass is 10.0. The average molecular weight is 522 g/mol. The molecule has 1 amide bonds. The van der Waals surface area contributed by atoms with Crippen LogP contribution in [0.15, 0.2) is 54.7 Å². The third-order valence-electron chi connectivity index (χ3n) is 6.42. The Morgan fingerprint density at radius 3 is 2.39 bits per heavy atom. The predicted molar refractivity (Wildman–Crippen MR) is 143 cm³/mol. The lowest BCUT2D eigenvalue weighted by Gasteiger charge is -2.30. The van der Waals surface area contributed by atoms with Crippen LogP contribution in [-0.2, 0) is 0 Å². The minimum atomic E-state index is -0.404. The van der Waals surface area contributed by atoms with Crippen molar-refractivity contribution in [3.8, 4) is 17.1 Å². The van der Waals surface area contributed by atoms with Crippen LogP contribution in [0.1, 0.15) is 53.1 Å². The summed E-state index contributed by atoms with van der Waals surface area (Å²) in [6.45, 7) is 6.12. The monoisotopic (exact) mass is 521 g/mol. The zero-order valence-corrected chi connectivity index (χ0v) is 21.8. The van der Waals surface area contributed by atoms with E-state index in [1.54, 1.807) is 6.20 Å². The van der Waals surface area contributed by atoms with Gasteiger partial charge in [-0.05, 0) is 62.2 Å². The van der Waals surface area contributed by atoms with Gasteiger partial charge < -0.3 is 15.0 Å². The summed E-state index contributed by atoms with van der Waals surface area (Å²) in [7, 11) is 1.53. The molecule has 36 heavy (non-hydrogen) atoms. The van der Waals surface area contributed by atoms with Gasteiger partial charge in [-0.1, -0.05) is 41.4 Å². The Kier molecular flexibility index (Phi) is 6.14. The van der Waals surface area contributed by atoms with Crippen molar-refractivity contribution in [1.82, 2.24) is 14.5 Å². The fraction of sp³-hybridized carbons (Fsp3) is 0.222. The second kappa shape index (κ2) is 9.15. The summed E-state index contributed by atoms with van der Waals surface area (Å²) in [4.78, 5) is 24.3. The highest BCUT2D eigenvalue weighted by Gasteiger charge is 2.44. The number of fused-ring (bicyclic) bond motifs is 1. The number of hydrogen-bond donors (Lipinski definition) is 1. The molecule has 1 aliphatic rings. The van der Waals surface area contributed by atoms with Crippen LogP contribution in [0.5, 0.6) is 5.88 Å². The minimum absolute atomic E-state index is 0.00835. The number of hydrogen-bond acceptors (Lipinski definition) is 5. The van der Waals surface area contributed by atoms with Crippen molar-refractivity contribution in [2.75, 3.05) is 17.7 Å². The maximum Gasteiger partial charge on any atom is 0.261 e. The summed E-state index contributed by atoms with van der Waals surface area (Å²) in [5.74, 6) is 0.341. The van der Waals surface area contributed by atoms with Crippen LogP contribution in [0.25, 0.3) is 11.3 Å². The molecule has 3 heterocycles. The summed E-state index contributed by atoms with van der Waals surface area (Å²) in [6.07, 6.45) is 1.63. The summed E-state index contributed by atoms with van der Waals surface area (Å²) < 4.78 is 7.66. The first-order valence-electron chi connectivity index (χ1n) is 11.5. The quantitative estimate of drug-likeness (QED) is 0.324. The SMILES string of the molecule is COc1nc(N)ncc1-c1cc2c(n1C(C)C)C(c1ccc(Cl)cc1)N(c1cc(Cl)ccc1C)C2=O. The molecule has 0 radical (unpaired) electrons. The molecule has 184 valence electrons. The van der Waals surface area contributed by atoms with E-state index in [9.17, 15) is 4.79 Å². The Bertz CT molecular complexity index is 1480. The number of halogens is 2. The molecule has 2 aromatic heterocycles. The van der Waals surface area contributed by atoms with Gasteiger partial charge in [0.15, 0.2) is 0 Å². The molecule has 4 aromatic rings. The Morgan fingerprint density at radius 2 is 1.72 bits per heavy atom. The first-order chi connectivity index (χ1) is 17.2. The molecular formula is C27H25Cl2N5O2. The van der Waals surface area contributed by atoms with Crippen LogP contribution >= 0.6 is 23.2 Å². The number of benzene rings is 2. The number of aryl methyl sites for hydroxylation is 1. The average Bonchev–Trinajstić information content (AvgIpc) is 3.36. The van der Waals surface area contributed by atoms with Gasteiger partial charge in [0.2, 0.25) is 11.8 Å². The van der Waals surface area contributed by atoms with E-state index in [1.807, 2.05) is 60.4 Å². The van der Waals surface area contributed by atoms with Gasteiger partial charge in [0.05, 0.1) is 29.6 Å². The van der Waals surface area contributed by atoms with Crippen molar-refractivity contribution >= 4 is 40.7 Å².